The van der Waals surface area contributed by atoms with Crippen LogP contribution in [0.5, 0.6) is 5.75 Å². The molecule has 2 rings (SSSR count). The van der Waals surface area contributed by atoms with Gasteiger partial charge in [0.1, 0.15) is 11.4 Å². The molecule has 2 N–H and O–H groups in total. The van der Waals surface area contributed by atoms with E-state index in [1.165, 1.54) is 0 Å². The fourth-order valence-corrected chi connectivity index (χ4v) is 3.05. The zero-order valence-corrected chi connectivity index (χ0v) is 14.6. The van der Waals surface area contributed by atoms with Gasteiger partial charge in [-0.2, -0.15) is 0 Å². The summed E-state index contributed by atoms with van der Waals surface area (Å²) in [6, 6.07) is 2.02. The number of hydrogen-bond acceptors (Lipinski definition) is 5. The van der Waals surface area contributed by atoms with E-state index in [1.807, 2.05) is 0 Å². The van der Waals surface area contributed by atoms with E-state index in [-0.39, 0.29) is 33.1 Å². The second kappa shape index (κ2) is 7.15. The summed E-state index contributed by atoms with van der Waals surface area (Å²) >= 11 is 7.64. The van der Waals surface area contributed by atoms with Crippen LogP contribution in [-0.4, -0.2) is 41.3 Å². The average molecular weight is 477 g/mol. The van der Waals surface area contributed by atoms with Gasteiger partial charge in [-0.15, -0.1) is 13.2 Å². The summed E-state index contributed by atoms with van der Waals surface area (Å²) in [7, 11) is 0. The molecule has 1 aliphatic rings. The van der Waals surface area contributed by atoms with Crippen molar-refractivity contribution in [3.8, 4) is 5.75 Å². The number of benzene rings is 1. The van der Waals surface area contributed by atoms with Gasteiger partial charge in [-0.1, -0.05) is 11.6 Å². The average Bonchev–Trinajstić information content (AvgIpc) is 2.69. The molecule has 2 amide bonds. The molecule has 0 bridgehead atoms. The molecule has 1 aromatic carbocycles. The van der Waals surface area contributed by atoms with Crippen molar-refractivity contribution in [1.29, 1.82) is 0 Å². The van der Waals surface area contributed by atoms with Gasteiger partial charge in [0.2, 0.25) is 0 Å². The van der Waals surface area contributed by atoms with Crippen LogP contribution < -0.4 is 10.1 Å². The number of nitrogens with one attached hydrogen (secondary N) is 1. The van der Waals surface area contributed by atoms with Crippen molar-refractivity contribution < 1.29 is 32.6 Å². The molecule has 0 spiro atoms. The Labute approximate surface area is 152 Å². The van der Waals surface area contributed by atoms with E-state index in [4.69, 9.17) is 16.7 Å². The number of carbonyl (C=O) groups excluding carboxylic acids is 2. The number of nitrogens with zero attached hydrogens (tertiary/aromatic N) is 1. The maximum Gasteiger partial charge on any atom is 0.573 e. The third-order valence-corrected chi connectivity index (χ3v) is 3.99. The zero-order valence-electron chi connectivity index (χ0n) is 11.7. The number of imide groups is 1. The summed E-state index contributed by atoms with van der Waals surface area (Å²) in [6.07, 6.45) is -3.84. The summed E-state index contributed by atoms with van der Waals surface area (Å²) in [6.45, 7) is -0.553. The monoisotopic (exact) mass is 476 g/mol. The molecule has 0 aromatic heterocycles. The largest absolute Gasteiger partial charge is 0.573 e. The second-order valence-corrected chi connectivity index (χ2v) is 6.08. The Morgan fingerprint density at radius 1 is 1.33 bits per heavy atom. The lowest BCUT2D eigenvalue weighted by molar-refractivity contribution is -0.274. The lowest BCUT2D eigenvalue weighted by Crippen LogP contribution is -2.34. The highest BCUT2D eigenvalue weighted by Crippen LogP contribution is 2.35. The first-order valence-corrected chi connectivity index (χ1v) is 7.78. The van der Waals surface area contributed by atoms with Gasteiger partial charge >= 0.3 is 6.36 Å². The van der Waals surface area contributed by atoms with Crippen molar-refractivity contribution in [2.24, 2.45) is 0 Å². The number of aliphatic hydroxyl groups is 1. The van der Waals surface area contributed by atoms with E-state index in [9.17, 15) is 22.8 Å². The number of carbonyl (C=O) groups is 2. The number of alkyl halides is 3. The second-order valence-electron chi connectivity index (χ2n) is 4.51. The first-order valence-electron chi connectivity index (χ1n) is 6.32. The molecule has 11 heteroatoms. The van der Waals surface area contributed by atoms with Crippen LogP contribution in [0.3, 0.4) is 0 Å². The van der Waals surface area contributed by atoms with Crippen molar-refractivity contribution in [3.05, 3.63) is 32.5 Å². The topological polar surface area (TPSA) is 78.9 Å². The maximum absolute atomic E-state index is 12.2. The SMILES string of the molecule is O=C1C=C(Nc2c(Cl)cc(OC(F)(F)F)cc2I)C(=O)N1CCO. The quantitative estimate of drug-likeness (QED) is 0.504. The van der Waals surface area contributed by atoms with Crippen LogP contribution in [0.25, 0.3) is 0 Å². The van der Waals surface area contributed by atoms with Crippen molar-refractivity contribution in [1.82, 2.24) is 4.90 Å². The summed E-state index contributed by atoms with van der Waals surface area (Å²) in [4.78, 5) is 24.5. The van der Waals surface area contributed by atoms with Gasteiger partial charge in [-0.3, -0.25) is 14.5 Å². The highest BCUT2D eigenvalue weighted by Gasteiger charge is 2.33. The maximum atomic E-state index is 12.2. The molecule has 0 unspecified atom stereocenters. The van der Waals surface area contributed by atoms with Crippen molar-refractivity contribution in [3.63, 3.8) is 0 Å². The number of aliphatic hydroxyl groups excluding tert-OH is 1. The van der Waals surface area contributed by atoms with E-state index < -0.39 is 23.9 Å². The Hall–Kier alpha value is -1.53. The Kier molecular flexibility index (Phi) is 5.60. The van der Waals surface area contributed by atoms with E-state index >= 15 is 0 Å². The van der Waals surface area contributed by atoms with Crippen molar-refractivity contribution in [2.75, 3.05) is 18.5 Å². The number of β-amino-alcohol motifs (C(OH)–C–C–N with tert-alkyl or cyclic N) is 1. The normalized spacial score (nSPS) is 14.9. The van der Waals surface area contributed by atoms with Crippen LogP contribution >= 0.6 is 34.2 Å². The van der Waals surface area contributed by atoms with Gasteiger partial charge in [-0.25, -0.2) is 0 Å². The Morgan fingerprint density at radius 3 is 2.54 bits per heavy atom. The van der Waals surface area contributed by atoms with Gasteiger partial charge in [0, 0.05) is 15.7 Å². The van der Waals surface area contributed by atoms with Crippen LogP contribution in [-0.2, 0) is 9.59 Å². The summed E-state index contributed by atoms with van der Waals surface area (Å²) in [5.41, 5.74) is 0.0581. The van der Waals surface area contributed by atoms with Crippen molar-refractivity contribution >= 4 is 51.7 Å². The fraction of sp³-hybridized carbons (Fsp3) is 0.231. The van der Waals surface area contributed by atoms with Crippen LogP contribution in [0.1, 0.15) is 0 Å². The van der Waals surface area contributed by atoms with Gasteiger partial charge < -0.3 is 15.2 Å². The van der Waals surface area contributed by atoms with E-state index in [1.54, 1.807) is 22.6 Å². The van der Waals surface area contributed by atoms with Crippen LogP contribution in [0.2, 0.25) is 5.02 Å². The first-order chi connectivity index (χ1) is 11.1. The number of hydrogen-bond donors (Lipinski definition) is 2. The standard InChI is InChI=1S/C13H9ClF3IN2O4/c14-7-3-6(24-13(15,16)17)4-8(18)11(7)19-9-5-10(22)20(1-2-21)12(9)23/h3-5,19,21H,1-2H2. The van der Waals surface area contributed by atoms with Gasteiger partial charge in [0.25, 0.3) is 11.8 Å². The minimum atomic E-state index is -4.86. The number of rotatable bonds is 5. The molecular formula is C13H9ClF3IN2O4. The molecule has 1 heterocycles. The molecule has 6 nitrogen and oxygen atoms in total. The number of amides is 2. The molecule has 0 atom stereocenters. The lowest BCUT2D eigenvalue weighted by atomic mass is 10.3. The molecule has 0 saturated carbocycles. The molecule has 0 aliphatic carbocycles. The highest BCUT2D eigenvalue weighted by molar-refractivity contribution is 14.1. The Morgan fingerprint density at radius 2 is 2.00 bits per heavy atom. The third-order valence-electron chi connectivity index (χ3n) is 2.84. The number of anilines is 1. The van der Waals surface area contributed by atoms with Gasteiger partial charge in [0.05, 0.1) is 23.9 Å². The van der Waals surface area contributed by atoms with Crippen molar-refractivity contribution in [2.45, 2.75) is 6.36 Å². The molecule has 0 radical (unpaired) electrons. The first kappa shape index (κ1) is 18.8. The van der Waals surface area contributed by atoms with E-state index in [0.717, 1.165) is 23.1 Å². The molecule has 0 saturated heterocycles. The highest BCUT2D eigenvalue weighted by atomic mass is 127. The molecule has 0 fully saturated rings. The fourth-order valence-electron chi connectivity index (χ4n) is 1.91. The lowest BCUT2D eigenvalue weighted by Gasteiger charge is -2.16. The molecular weight excluding hydrogens is 468 g/mol. The Bertz CT molecular complexity index is 701. The molecule has 24 heavy (non-hydrogen) atoms. The van der Waals surface area contributed by atoms with Gasteiger partial charge in [-0.05, 0) is 28.7 Å². The van der Waals surface area contributed by atoms with E-state index in [2.05, 4.69) is 10.1 Å². The number of ether oxygens (including phenoxy) is 1. The number of halogens is 5. The zero-order chi connectivity index (χ0) is 18.1. The summed E-state index contributed by atoms with van der Waals surface area (Å²) in [5, 5.41) is 11.3. The van der Waals surface area contributed by atoms with Crippen LogP contribution in [0.4, 0.5) is 18.9 Å². The third kappa shape index (κ3) is 4.30. The van der Waals surface area contributed by atoms with Crippen LogP contribution in [0.15, 0.2) is 23.9 Å². The predicted octanol–water partition coefficient (Wildman–Crippen LogP) is 2.50. The van der Waals surface area contributed by atoms with Crippen LogP contribution in [0, 0.1) is 3.57 Å². The van der Waals surface area contributed by atoms with E-state index in [0.29, 0.717) is 0 Å². The predicted molar refractivity (Wildman–Crippen MR) is 86.4 cm³/mol. The minimum absolute atomic E-state index is 0.0993. The summed E-state index contributed by atoms with van der Waals surface area (Å²) in [5.74, 6) is -1.79. The molecule has 1 aromatic rings. The summed E-state index contributed by atoms with van der Waals surface area (Å²) < 4.78 is 40.8. The molecule has 1 aliphatic heterocycles. The Balaban J connectivity index is 2.24. The smallest absolute Gasteiger partial charge is 0.406 e. The van der Waals surface area contributed by atoms with Gasteiger partial charge in [0.15, 0.2) is 0 Å². The minimum Gasteiger partial charge on any atom is -0.406 e. The molecule has 130 valence electrons.